The molecule has 1 aliphatic carbocycles. The smallest absolute Gasteiger partial charge is 0.230 e. The lowest BCUT2D eigenvalue weighted by molar-refractivity contribution is -0.128. The summed E-state index contributed by atoms with van der Waals surface area (Å²) in [5.41, 5.74) is 0.736. The van der Waals surface area contributed by atoms with Crippen molar-refractivity contribution in [2.45, 2.75) is 37.5 Å². The van der Waals surface area contributed by atoms with Gasteiger partial charge in [-0.05, 0) is 37.6 Å². The molecule has 0 unspecified atom stereocenters. The average molecular weight is 295 g/mol. The topological polar surface area (TPSA) is 41.1 Å². The minimum absolute atomic E-state index is 0.162. The van der Waals surface area contributed by atoms with Gasteiger partial charge in [-0.2, -0.15) is 0 Å². The molecule has 3 nitrogen and oxygen atoms in total. The first-order valence-corrected chi connectivity index (χ1v) is 7.76. The van der Waals surface area contributed by atoms with Crippen molar-refractivity contribution >= 4 is 17.5 Å². The summed E-state index contributed by atoms with van der Waals surface area (Å²) in [6, 6.07) is 7.78. The predicted octanol–water partition coefficient (Wildman–Crippen LogP) is 2.88. The minimum atomic E-state index is -0.365. The van der Waals surface area contributed by atoms with E-state index in [-0.39, 0.29) is 11.3 Å². The highest BCUT2D eigenvalue weighted by Gasteiger charge is 2.40. The number of carbonyl (C=O) groups excluding carboxylic acids is 1. The van der Waals surface area contributed by atoms with Crippen LogP contribution in [-0.4, -0.2) is 26.0 Å². The van der Waals surface area contributed by atoms with Crippen molar-refractivity contribution in [2.75, 3.05) is 20.1 Å². The summed E-state index contributed by atoms with van der Waals surface area (Å²) in [5, 5.41) is 6.84. The fourth-order valence-corrected chi connectivity index (χ4v) is 3.17. The Hall–Kier alpha value is -1.06. The molecule has 0 aliphatic heterocycles. The Labute approximate surface area is 126 Å². The lowest BCUT2D eigenvalue weighted by atomic mass is 9.68. The predicted molar refractivity (Wildman–Crippen MR) is 83.2 cm³/mol. The lowest BCUT2D eigenvalue weighted by Gasteiger charge is -2.36. The molecule has 0 radical (unpaired) electrons. The van der Waals surface area contributed by atoms with Crippen LogP contribution in [0, 0.1) is 0 Å². The summed E-state index contributed by atoms with van der Waals surface area (Å²) in [7, 11) is 1.89. The number of hydrogen-bond donors (Lipinski definition) is 2. The monoisotopic (exact) mass is 294 g/mol. The molecular formula is C16H23ClN2O. The SMILES string of the molecule is CNCCNC(=O)C1(c2ccc(Cl)cc2)CCCCC1. The molecule has 4 heteroatoms. The number of benzene rings is 1. The second kappa shape index (κ2) is 7.09. The van der Waals surface area contributed by atoms with Gasteiger partial charge in [-0.3, -0.25) is 4.79 Å². The summed E-state index contributed by atoms with van der Waals surface area (Å²) >= 11 is 5.97. The highest BCUT2D eigenvalue weighted by molar-refractivity contribution is 6.30. The molecule has 2 rings (SSSR count). The van der Waals surface area contributed by atoms with Gasteiger partial charge in [-0.1, -0.05) is 43.0 Å². The maximum absolute atomic E-state index is 12.7. The summed E-state index contributed by atoms with van der Waals surface area (Å²) in [5.74, 6) is 0.162. The Morgan fingerprint density at radius 1 is 1.15 bits per heavy atom. The summed E-state index contributed by atoms with van der Waals surface area (Å²) in [6.07, 6.45) is 5.31. The highest BCUT2D eigenvalue weighted by atomic mass is 35.5. The van der Waals surface area contributed by atoms with E-state index >= 15 is 0 Å². The molecular weight excluding hydrogens is 272 g/mol. The first-order valence-electron chi connectivity index (χ1n) is 7.38. The van der Waals surface area contributed by atoms with E-state index in [0.717, 1.165) is 42.8 Å². The van der Waals surface area contributed by atoms with Crippen LogP contribution in [-0.2, 0) is 10.2 Å². The van der Waals surface area contributed by atoms with Gasteiger partial charge in [0.2, 0.25) is 5.91 Å². The number of amides is 1. The molecule has 1 amide bonds. The second-order valence-electron chi connectivity index (χ2n) is 5.51. The Balaban J connectivity index is 2.20. The van der Waals surface area contributed by atoms with Crippen molar-refractivity contribution in [3.05, 3.63) is 34.9 Å². The Kier molecular flexibility index (Phi) is 5.44. The molecule has 1 aromatic rings. The van der Waals surface area contributed by atoms with Crippen molar-refractivity contribution in [1.82, 2.24) is 10.6 Å². The molecule has 0 heterocycles. The third-order valence-corrected chi connectivity index (χ3v) is 4.45. The van der Waals surface area contributed by atoms with E-state index < -0.39 is 0 Å². The van der Waals surface area contributed by atoms with Crippen molar-refractivity contribution < 1.29 is 4.79 Å². The van der Waals surface area contributed by atoms with Gasteiger partial charge >= 0.3 is 0 Å². The van der Waals surface area contributed by atoms with Crippen LogP contribution in [0.15, 0.2) is 24.3 Å². The molecule has 20 heavy (non-hydrogen) atoms. The van der Waals surface area contributed by atoms with E-state index in [1.54, 1.807) is 0 Å². The number of rotatable bonds is 5. The van der Waals surface area contributed by atoms with E-state index in [9.17, 15) is 4.79 Å². The molecule has 1 fully saturated rings. The van der Waals surface area contributed by atoms with Gasteiger partial charge in [0.1, 0.15) is 0 Å². The van der Waals surface area contributed by atoms with Crippen molar-refractivity contribution in [3.8, 4) is 0 Å². The zero-order valence-corrected chi connectivity index (χ0v) is 12.8. The van der Waals surface area contributed by atoms with Crippen molar-refractivity contribution in [1.29, 1.82) is 0 Å². The van der Waals surface area contributed by atoms with Gasteiger partial charge in [0.25, 0.3) is 0 Å². The number of nitrogens with one attached hydrogen (secondary N) is 2. The largest absolute Gasteiger partial charge is 0.354 e. The molecule has 0 saturated heterocycles. The van der Waals surface area contributed by atoms with Crippen molar-refractivity contribution in [2.24, 2.45) is 0 Å². The maximum Gasteiger partial charge on any atom is 0.230 e. The van der Waals surface area contributed by atoms with E-state index in [4.69, 9.17) is 11.6 Å². The van der Waals surface area contributed by atoms with Crippen LogP contribution in [0.2, 0.25) is 5.02 Å². The Morgan fingerprint density at radius 2 is 1.80 bits per heavy atom. The highest BCUT2D eigenvalue weighted by Crippen LogP contribution is 2.40. The van der Waals surface area contributed by atoms with Crippen LogP contribution in [0.3, 0.4) is 0 Å². The Morgan fingerprint density at radius 3 is 2.40 bits per heavy atom. The van der Waals surface area contributed by atoms with Crippen LogP contribution in [0.4, 0.5) is 0 Å². The van der Waals surface area contributed by atoms with Crippen LogP contribution < -0.4 is 10.6 Å². The quantitative estimate of drug-likeness (QED) is 0.820. The van der Waals surface area contributed by atoms with E-state index in [0.29, 0.717) is 6.54 Å². The fraction of sp³-hybridized carbons (Fsp3) is 0.562. The molecule has 1 aliphatic rings. The lowest BCUT2D eigenvalue weighted by Crippen LogP contribution is -2.47. The van der Waals surface area contributed by atoms with Crippen LogP contribution in [0.25, 0.3) is 0 Å². The standard InChI is InChI=1S/C16H23ClN2O/c1-18-11-12-19-15(20)16(9-3-2-4-10-16)13-5-7-14(17)8-6-13/h5-8,18H,2-4,9-12H2,1H3,(H,19,20). The Bertz CT molecular complexity index is 438. The molecule has 110 valence electrons. The second-order valence-corrected chi connectivity index (χ2v) is 5.95. The fourth-order valence-electron chi connectivity index (χ4n) is 3.04. The first kappa shape index (κ1) is 15.3. The normalized spacial score (nSPS) is 17.7. The zero-order chi connectivity index (χ0) is 14.4. The average Bonchev–Trinajstić information content (AvgIpc) is 2.49. The van der Waals surface area contributed by atoms with Gasteiger partial charge in [0.15, 0.2) is 0 Å². The molecule has 1 aromatic carbocycles. The van der Waals surface area contributed by atoms with Gasteiger partial charge in [-0.15, -0.1) is 0 Å². The van der Waals surface area contributed by atoms with Gasteiger partial charge in [0, 0.05) is 18.1 Å². The molecule has 0 bridgehead atoms. The molecule has 0 spiro atoms. The third kappa shape index (κ3) is 3.33. The van der Waals surface area contributed by atoms with E-state index in [1.165, 1.54) is 6.42 Å². The zero-order valence-electron chi connectivity index (χ0n) is 12.0. The van der Waals surface area contributed by atoms with E-state index in [2.05, 4.69) is 10.6 Å². The van der Waals surface area contributed by atoms with Crippen LogP contribution >= 0.6 is 11.6 Å². The molecule has 2 N–H and O–H groups in total. The van der Waals surface area contributed by atoms with E-state index in [1.807, 2.05) is 31.3 Å². The van der Waals surface area contributed by atoms with Gasteiger partial charge < -0.3 is 10.6 Å². The number of carbonyl (C=O) groups is 1. The summed E-state index contributed by atoms with van der Waals surface area (Å²) < 4.78 is 0. The van der Waals surface area contributed by atoms with Crippen LogP contribution in [0.1, 0.15) is 37.7 Å². The van der Waals surface area contributed by atoms with Crippen molar-refractivity contribution in [3.63, 3.8) is 0 Å². The number of halogens is 1. The maximum atomic E-state index is 12.7. The third-order valence-electron chi connectivity index (χ3n) is 4.20. The summed E-state index contributed by atoms with van der Waals surface area (Å²) in [6.45, 7) is 1.47. The first-order chi connectivity index (χ1) is 9.69. The molecule has 0 atom stereocenters. The van der Waals surface area contributed by atoms with Gasteiger partial charge in [0.05, 0.1) is 5.41 Å². The molecule has 0 aromatic heterocycles. The summed E-state index contributed by atoms with van der Waals surface area (Å²) in [4.78, 5) is 12.7. The number of likely N-dealkylation sites (N-methyl/N-ethyl adjacent to an activating group) is 1. The minimum Gasteiger partial charge on any atom is -0.354 e. The van der Waals surface area contributed by atoms with Crippen LogP contribution in [0.5, 0.6) is 0 Å². The number of hydrogen-bond acceptors (Lipinski definition) is 2. The molecule has 1 saturated carbocycles. The van der Waals surface area contributed by atoms with Gasteiger partial charge in [-0.25, -0.2) is 0 Å².